The minimum atomic E-state index is -1.02. The van der Waals surface area contributed by atoms with E-state index in [2.05, 4.69) is 19.2 Å². The number of aromatic carboxylic acids is 1. The van der Waals surface area contributed by atoms with Crippen molar-refractivity contribution in [2.24, 2.45) is 11.3 Å². The molecule has 1 fully saturated rings. The predicted octanol–water partition coefficient (Wildman–Crippen LogP) is 2.67. The van der Waals surface area contributed by atoms with Crippen LogP contribution in [0.1, 0.15) is 49.5 Å². The highest BCUT2D eigenvalue weighted by Crippen LogP contribution is 2.51. The van der Waals surface area contributed by atoms with Crippen LogP contribution < -0.4 is 5.32 Å². The number of carboxylic acids is 1. The normalized spacial score (nSPS) is 23.4. The zero-order chi connectivity index (χ0) is 12.6. The molecular formula is C13H19NO3. The minimum absolute atomic E-state index is 0.000372. The third kappa shape index (κ3) is 2.69. The first-order chi connectivity index (χ1) is 7.90. The van der Waals surface area contributed by atoms with Gasteiger partial charge < -0.3 is 14.8 Å². The van der Waals surface area contributed by atoms with Gasteiger partial charge >= 0.3 is 5.97 Å². The van der Waals surface area contributed by atoms with Crippen molar-refractivity contribution in [2.45, 2.75) is 33.2 Å². The molecule has 1 aliphatic rings. The summed E-state index contributed by atoms with van der Waals surface area (Å²) in [5, 5.41) is 12.1. The SMILES string of the molecule is CC(NCC1CC1(C)C)c1ccc(C(=O)O)o1. The maximum atomic E-state index is 10.7. The van der Waals surface area contributed by atoms with Crippen LogP contribution in [0.15, 0.2) is 16.5 Å². The lowest BCUT2D eigenvalue weighted by Crippen LogP contribution is -2.22. The summed E-state index contributed by atoms with van der Waals surface area (Å²) in [6.45, 7) is 7.47. The summed E-state index contributed by atoms with van der Waals surface area (Å²) in [5.41, 5.74) is 0.460. The molecule has 2 N–H and O–H groups in total. The largest absolute Gasteiger partial charge is 0.475 e. The van der Waals surface area contributed by atoms with Gasteiger partial charge in [0.1, 0.15) is 5.76 Å². The second-order valence-electron chi connectivity index (χ2n) is 5.53. The Bertz CT molecular complexity index is 422. The molecule has 0 aliphatic heterocycles. The van der Waals surface area contributed by atoms with Crippen molar-refractivity contribution >= 4 is 5.97 Å². The van der Waals surface area contributed by atoms with Gasteiger partial charge in [-0.15, -0.1) is 0 Å². The lowest BCUT2D eigenvalue weighted by molar-refractivity contribution is 0.0659. The van der Waals surface area contributed by atoms with Crippen LogP contribution in [0.25, 0.3) is 0 Å². The quantitative estimate of drug-likeness (QED) is 0.826. The first kappa shape index (κ1) is 12.2. The van der Waals surface area contributed by atoms with Crippen LogP contribution in [0.5, 0.6) is 0 Å². The maximum Gasteiger partial charge on any atom is 0.371 e. The molecular weight excluding hydrogens is 218 g/mol. The van der Waals surface area contributed by atoms with E-state index in [1.165, 1.54) is 12.5 Å². The highest BCUT2D eigenvalue weighted by molar-refractivity contribution is 5.84. The Balaban J connectivity index is 1.86. The van der Waals surface area contributed by atoms with Gasteiger partial charge in [-0.2, -0.15) is 0 Å². The van der Waals surface area contributed by atoms with E-state index < -0.39 is 5.97 Å². The van der Waals surface area contributed by atoms with E-state index in [-0.39, 0.29) is 11.8 Å². The topological polar surface area (TPSA) is 62.5 Å². The Morgan fingerprint density at radius 1 is 1.65 bits per heavy atom. The van der Waals surface area contributed by atoms with E-state index in [1.807, 2.05) is 6.92 Å². The van der Waals surface area contributed by atoms with E-state index in [0.29, 0.717) is 11.2 Å². The fourth-order valence-electron chi connectivity index (χ4n) is 2.04. The molecule has 94 valence electrons. The van der Waals surface area contributed by atoms with E-state index in [0.717, 1.165) is 12.5 Å². The molecule has 0 radical (unpaired) electrons. The van der Waals surface area contributed by atoms with Crippen LogP contribution in [0.3, 0.4) is 0 Å². The molecule has 1 aromatic rings. The molecule has 1 heterocycles. The van der Waals surface area contributed by atoms with E-state index in [1.54, 1.807) is 6.07 Å². The monoisotopic (exact) mass is 237 g/mol. The fraction of sp³-hybridized carbons (Fsp3) is 0.615. The number of carbonyl (C=O) groups is 1. The highest BCUT2D eigenvalue weighted by Gasteiger charge is 2.45. The van der Waals surface area contributed by atoms with Crippen molar-refractivity contribution < 1.29 is 14.3 Å². The summed E-state index contributed by atoms with van der Waals surface area (Å²) in [7, 11) is 0. The van der Waals surface area contributed by atoms with Gasteiger partial charge in [0.15, 0.2) is 0 Å². The summed E-state index contributed by atoms with van der Waals surface area (Å²) in [6.07, 6.45) is 1.26. The first-order valence-corrected chi connectivity index (χ1v) is 5.96. The number of rotatable bonds is 5. The molecule has 4 nitrogen and oxygen atoms in total. The molecule has 1 saturated carbocycles. The molecule has 4 heteroatoms. The Hall–Kier alpha value is -1.29. The standard InChI is InChI=1S/C13H19NO3/c1-8(14-7-9-6-13(9,2)3)10-4-5-11(17-10)12(15)16/h4-5,8-9,14H,6-7H2,1-3H3,(H,15,16). The first-order valence-electron chi connectivity index (χ1n) is 5.96. The molecule has 0 saturated heterocycles. The Kier molecular flexibility index (Phi) is 3.00. The highest BCUT2D eigenvalue weighted by atomic mass is 16.4. The second-order valence-corrected chi connectivity index (χ2v) is 5.53. The molecule has 2 unspecified atom stereocenters. The summed E-state index contributed by atoms with van der Waals surface area (Å²) < 4.78 is 5.25. The van der Waals surface area contributed by atoms with Crippen LogP contribution in [0.4, 0.5) is 0 Å². The summed E-state index contributed by atoms with van der Waals surface area (Å²) >= 11 is 0. The number of carboxylic acid groups (broad SMARTS) is 1. The zero-order valence-corrected chi connectivity index (χ0v) is 10.5. The van der Waals surface area contributed by atoms with Crippen LogP contribution in [0.2, 0.25) is 0 Å². The van der Waals surface area contributed by atoms with Crippen LogP contribution in [0, 0.1) is 11.3 Å². The molecule has 0 bridgehead atoms. The minimum Gasteiger partial charge on any atom is -0.475 e. The Morgan fingerprint density at radius 2 is 2.29 bits per heavy atom. The number of hydrogen-bond donors (Lipinski definition) is 2. The molecule has 1 aromatic heterocycles. The third-order valence-corrected chi connectivity index (χ3v) is 3.65. The lowest BCUT2D eigenvalue weighted by atomic mass is 10.1. The number of furan rings is 1. The van der Waals surface area contributed by atoms with E-state index in [9.17, 15) is 4.79 Å². The van der Waals surface area contributed by atoms with Crippen LogP contribution in [-0.2, 0) is 0 Å². The predicted molar refractivity (Wildman–Crippen MR) is 64.0 cm³/mol. The molecule has 1 aliphatic carbocycles. The van der Waals surface area contributed by atoms with Gasteiger partial charge in [-0.05, 0) is 43.4 Å². The van der Waals surface area contributed by atoms with Crippen molar-refractivity contribution in [1.82, 2.24) is 5.32 Å². The van der Waals surface area contributed by atoms with Crippen molar-refractivity contribution in [3.05, 3.63) is 23.7 Å². The summed E-state index contributed by atoms with van der Waals surface area (Å²) in [4.78, 5) is 10.7. The lowest BCUT2D eigenvalue weighted by Gasteiger charge is -2.11. The Morgan fingerprint density at radius 3 is 2.76 bits per heavy atom. The molecule has 2 rings (SSSR count). The van der Waals surface area contributed by atoms with Crippen LogP contribution in [-0.4, -0.2) is 17.6 Å². The van der Waals surface area contributed by atoms with Gasteiger partial charge in [-0.3, -0.25) is 0 Å². The van der Waals surface area contributed by atoms with Gasteiger partial charge in [0.05, 0.1) is 6.04 Å². The third-order valence-electron chi connectivity index (χ3n) is 3.65. The van der Waals surface area contributed by atoms with E-state index >= 15 is 0 Å². The van der Waals surface area contributed by atoms with Crippen molar-refractivity contribution in [3.63, 3.8) is 0 Å². The van der Waals surface area contributed by atoms with Crippen molar-refractivity contribution in [1.29, 1.82) is 0 Å². The molecule has 0 spiro atoms. The molecule has 0 amide bonds. The molecule has 2 atom stereocenters. The molecule has 0 aromatic carbocycles. The average molecular weight is 237 g/mol. The second kappa shape index (κ2) is 4.18. The van der Waals surface area contributed by atoms with Gasteiger partial charge in [-0.25, -0.2) is 4.79 Å². The maximum absolute atomic E-state index is 10.7. The zero-order valence-electron chi connectivity index (χ0n) is 10.5. The van der Waals surface area contributed by atoms with Gasteiger partial charge in [-0.1, -0.05) is 13.8 Å². The van der Waals surface area contributed by atoms with Gasteiger partial charge in [0, 0.05) is 0 Å². The van der Waals surface area contributed by atoms with Crippen molar-refractivity contribution in [3.8, 4) is 0 Å². The van der Waals surface area contributed by atoms with Gasteiger partial charge in [0.2, 0.25) is 5.76 Å². The number of nitrogens with one attached hydrogen (secondary N) is 1. The summed E-state index contributed by atoms with van der Waals surface area (Å²) in [5.74, 6) is 0.381. The fourth-order valence-corrected chi connectivity index (χ4v) is 2.04. The van der Waals surface area contributed by atoms with Gasteiger partial charge in [0.25, 0.3) is 0 Å². The average Bonchev–Trinajstić information content (AvgIpc) is 2.68. The summed E-state index contributed by atoms with van der Waals surface area (Å²) in [6, 6.07) is 3.27. The van der Waals surface area contributed by atoms with E-state index in [4.69, 9.17) is 9.52 Å². The van der Waals surface area contributed by atoms with Crippen LogP contribution >= 0.6 is 0 Å². The molecule has 17 heavy (non-hydrogen) atoms. The Labute approximate surface area is 101 Å². The van der Waals surface area contributed by atoms with Crippen molar-refractivity contribution in [2.75, 3.05) is 6.54 Å². The number of hydrogen-bond acceptors (Lipinski definition) is 3. The smallest absolute Gasteiger partial charge is 0.371 e.